The van der Waals surface area contributed by atoms with Crippen molar-refractivity contribution in [2.24, 2.45) is 0 Å². The van der Waals surface area contributed by atoms with Gasteiger partial charge in [-0.05, 0) is 58.8 Å². The van der Waals surface area contributed by atoms with Gasteiger partial charge in [0, 0.05) is 35.6 Å². The second kappa shape index (κ2) is 8.16. The minimum Gasteiger partial charge on any atom is -0.350 e. The third kappa shape index (κ3) is 4.02. The van der Waals surface area contributed by atoms with Crippen LogP contribution < -0.4 is 5.32 Å². The number of nitrogens with one attached hydrogen (secondary N) is 2. The largest absolute Gasteiger partial charge is 0.350 e. The van der Waals surface area contributed by atoms with E-state index < -0.39 is 11.6 Å². The number of carbonyl (C=O) groups is 1. The molecule has 0 radical (unpaired) electrons. The van der Waals surface area contributed by atoms with Crippen LogP contribution in [0.2, 0.25) is 0 Å². The summed E-state index contributed by atoms with van der Waals surface area (Å²) in [6, 6.07) is 8.10. The molecule has 0 saturated heterocycles. The lowest BCUT2D eigenvalue weighted by atomic mass is 9.95. The van der Waals surface area contributed by atoms with E-state index in [1.54, 1.807) is 6.20 Å². The molecule has 0 fully saturated rings. The molecule has 1 aliphatic heterocycles. The van der Waals surface area contributed by atoms with Crippen LogP contribution in [0.1, 0.15) is 28.6 Å². The first kappa shape index (κ1) is 19.9. The molecule has 2 N–H and O–H groups in total. The van der Waals surface area contributed by atoms with Crippen LogP contribution in [-0.2, 0) is 30.7 Å². The smallest absolute Gasteiger partial charge is 0.226 e. The number of pyridine rings is 1. The van der Waals surface area contributed by atoms with Gasteiger partial charge in [-0.25, -0.2) is 8.78 Å². The van der Waals surface area contributed by atoms with Crippen molar-refractivity contribution in [1.29, 1.82) is 0 Å². The van der Waals surface area contributed by atoms with Crippen LogP contribution >= 0.6 is 28.1 Å². The van der Waals surface area contributed by atoms with Crippen molar-refractivity contribution >= 4 is 34.1 Å². The lowest BCUT2D eigenvalue weighted by molar-refractivity contribution is -0.120. The zero-order valence-corrected chi connectivity index (χ0v) is 17.6. The minimum atomic E-state index is -0.592. The molecule has 0 aliphatic carbocycles. The molecule has 1 aliphatic rings. The van der Waals surface area contributed by atoms with E-state index in [1.165, 1.54) is 12.1 Å². The van der Waals surface area contributed by atoms with E-state index in [1.807, 2.05) is 22.8 Å². The summed E-state index contributed by atoms with van der Waals surface area (Å²) >= 11 is 8.47. The summed E-state index contributed by atoms with van der Waals surface area (Å²) in [6.07, 6.45) is 2.18. The number of rotatable bonds is 5. The second-order valence-electron chi connectivity index (χ2n) is 6.90. The Morgan fingerprint density at radius 3 is 2.93 bits per heavy atom. The number of nitrogens with zero attached hydrogens (tertiary/aromatic N) is 2. The van der Waals surface area contributed by atoms with Crippen molar-refractivity contribution in [3.8, 4) is 0 Å². The molecule has 2 aromatic heterocycles. The first-order chi connectivity index (χ1) is 13.9. The van der Waals surface area contributed by atoms with Crippen LogP contribution in [0.25, 0.3) is 0 Å². The number of carbonyl (C=O) groups excluding carboxylic acids is 1. The van der Waals surface area contributed by atoms with Gasteiger partial charge >= 0.3 is 0 Å². The number of halogens is 3. The SMILES string of the molecule is O=C(Cc1[nH]c(=S)n2c1CC(c1c(F)ccc(Br)c1F)C2)NCc1ccccn1. The summed E-state index contributed by atoms with van der Waals surface area (Å²) in [5, 5.41) is 2.83. The van der Waals surface area contributed by atoms with Crippen molar-refractivity contribution in [1.82, 2.24) is 19.9 Å². The average Bonchev–Trinajstić information content (AvgIpc) is 3.25. The van der Waals surface area contributed by atoms with Gasteiger partial charge in [-0.2, -0.15) is 0 Å². The number of hydrogen-bond acceptors (Lipinski definition) is 3. The number of benzene rings is 1. The maximum atomic E-state index is 14.5. The van der Waals surface area contributed by atoms with E-state index in [0.717, 1.165) is 11.4 Å². The highest BCUT2D eigenvalue weighted by molar-refractivity contribution is 9.10. The van der Waals surface area contributed by atoms with E-state index in [9.17, 15) is 13.6 Å². The quantitative estimate of drug-likeness (QED) is 0.427. The molecular formula is C20H17BrF2N4OS. The van der Waals surface area contributed by atoms with Crippen LogP contribution in [0.4, 0.5) is 8.78 Å². The van der Waals surface area contributed by atoms with Crippen molar-refractivity contribution in [3.63, 3.8) is 0 Å². The van der Waals surface area contributed by atoms with E-state index in [2.05, 4.69) is 31.2 Å². The van der Waals surface area contributed by atoms with Crippen molar-refractivity contribution in [3.05, 3.63) is 80.1 Å². The second-order valence-corrected chi connectivity index (χ2v) is 8.14. The standard InChI is InChI=1S/C20H17BrF2N4OS/c21-13-4-5-14(22)18(19(13)23)11-7-16-15(26-20(29)27(16)10-11)8-17(28)25-9-12-3-1-2-6-24-12/h1-6,11H,7-10H2,(H,25,28)(H,26,29). The molecule has 1 unspecified atom stereocenters. The topological polar surface area (TPSA) is 62.7 Å². The molecule has 0 spiro atoms. The number of aromatic nitrogens is 3. The third-order valence-corrected chi connectivity index (χ3v) is 5.97. The van der Waals surface area contributed by atoms with Gasteiger partial charge in [-0.15, -0.1) is 0 Å². The van der Waals surface area contributed by atoms with Crippen molar-refractivity contribution < 1.29 is 13.6 Å². The molecule has 0 saturated carbocycles. The Labute approximate surface area is 179 Å². The van der Waals surface area contributed by atoms with Gasteiger partial charge in [-0.1, -0.05) is 6.07 Å². The molecule has 29 heavy (non-hydrogen) atoms. The minimum absolute atomic E-state index is 0.0445. The summed E-state index contributed by atoms with van der Waals surface area (Å²) < 4.78 is 31.3. The molecule has 1 amide bonds. The van der Waals surface area contributed by atoms with E-state index in [4.69, 9.17) is 12.2 Å². The van der Waals surface area contributed by atoms with Gasteiger partial charge in [-0.3, -0.25) is 9.78 Å². The maximum Gasteiger partial charge on any atom is 0.226 e. The Morgan fingerprint density at radius 2 is 2.17 bits per heavy atom. The zero-order valence-electron chi connectivity index (χ0n) is 15.2. The summed E-state index contributed by atoms with van der Waals surface area (Å²) in [4.78, 5) is 19.6. The number of imidazole rings is 1. The molecular weight excluding hydrogens is 462 g/mol. The monoisotopic (exact) mass is 478 g/mol. The van der Waals surface area contributed by atoms with Crippen molar-refractivity contribution in [2.45, 2.75) is 31.8 Å². The maximum absolute atomic E-state index is 14.5. The molecule has 3 heterocycles. The summed E-state index contributed by atoms with van der Waals surface area (Å²) in [5.41, 5.74) is 2.29. The number of hydrogen-bond donors (Lipinski definition) is 2. The van der Waals surface area contributed by atoms with Crippen LogP contribution in [0.15, 0.2) is 41.0 Å². The van der Waals surface area contributed by atoms with E-state index in [0.29, 0.717) is 30.0 Å². The Hall–Kier alpha value is -2.39. The van der Waals surface area contributed by atoms with Crippen molar-refractivity contribution in [2.75, 3.05) is 0 Å². The lowest BCUT2D eigenvalue weighted by Crippen LogP contribution is -2.25. The van der Waals surface area contributed by atoms with Crippen LogP contribution in [-0.4, -0.2) is 20.4 Å². The first-order valence-corrected chi connectivity index (χ1v) is 10.2. The summed E-state index contributed by atoms with van der Waals surface area (Å²) in [6.45, 7) is 0.693. The summed E-state index contributed by atoms with van der Waals surface area (Å²) in [7, 11) is 0. The van der Waals surface area contributed by atoms with Gasteiger partial charge in [0.05, 0.1) is 23.1 Å². The molecule has 9 heteroatoms. The van der Waals surface area contributed by atoms with Gasteiger partial charge in [0.1, 0.15) is 11.6 Å². The number of amides is 1. The van der Waals surface area contributed by atoms with E-state index >= 15 is 0 Å². The molecule has 1 aromatic carbocycles. The Bertz CT molecular complexity index is 1130. The molecule has 1 atom stereocenters. The first-order valence-electron chi connectivity index (χ1n) is 9.04. The fourth-order valence-corrected chi connectivity index (χ4v) is 4.32. The van der Waals surface area contributed by atoms with Gasteiger partial charge in [0.2, 0.25) is 5.91 Å². The third-order valence-electron chi connectivity index (χ3n) is 5.04. The Morgan fingerprint density at radius 1 is 1.34 bits per heavy atom. The molecule has 4 rings (SSSR count). The number of aromatic amines is 1. The summed E-state index contributed by atoms with van der Waals surface area (Å²) in [5.74, 6) is -1.73. The molecule has 3 aromatic rings. The van der Waals surface area contributed by atoms with Crippen LogP contribution in [0.3, 0.4) is 0 Å². The molecule has 150 valence electrons. The fraction of sp³-hybridized carbons (Fsp3) is 0.250. The van der Waals surface area contributed by atoms with E-state index in [-0.39, 0.29) is 28.3 Å². The lowest BCUT2D eigenvalue weighted by Gasteiger charge is -2.13. The van der Waals surface area contributed by atoms with Gasteiger partial charge in [0.25, 0.3) is 0 Å². The normalized spacial score (nSPS) is 15.3. The highest BCUT2D eigenvalue weighted by Crippen LogP contribution is 2.36. The average molecular weight is 479 g/mol. The van der Waals surface area contributed by atoms with Gasteiger partial charge in [0.15, 0.2) is 4.77 Å². The molecule has 5 nitrogen and oxygen atoms in total. The highest BCUT2D eigenvalue weighted by atomic mass is 79.9. The number of H-pyrrole nitrogens is 1. The predicted octanol–water partition coefficient (Wildman–Crippen LogP) is 4.18. The Kier molecular flexibility index (Phi) is 5.60. The van der Waals surface area contributed by atoms with Gasteiger partial charge < -0.3 is 14.9 Å². The van der Waals surface area contributed by atoms with Crippen LogP contribution in [0.5, 0.6) is 0 Å². The highest BCUT2D eigenvalue weighted by Gasteiger charge is 2.31. The fourth-order valence-electron chi connectivity index (χ4n) is 3.67. The molecule has 0 bridgehead atoms. The number of fused-ring (bicyclic) bond motifs is 1. The van der Waals surface area contributed by atoms with Crippen LogP contribution in [0, 0.1) is 16.4 Å². The zero-order chi connectivity index (χ0) is 20.5. The Balaban J connectivity index is 1.50. The predicted molar refractivity (Wildman–Crippen MR) is 110 cm³/mol.